The third-order valence-electron chi connectivity index (χ3n) is 5.01. The highest BCUT2D eigenvalue weighted by atomic mass is 16.5. The summed E-state index contributed by atoms with van der Waals surface area (Å²) in [6.07, 6.45) is 6.37. The number of amides is 1. The molecular formula is C21H32N2O2. The lowest BCUT2D eigenvalue weighted by molar-refractivity contribution is 0.1000. The third kappa shape index (κ3) is 5.68. The molecule has 0 saturated carbocycles. The number of nitrogens with one attached hydrogen (secondary N) is 1. The van der Waals surface area contributed by atoms with Crippen LogP contribution in [0.4, 0.5) is 0 Å². The van der Waals surface area contributed by atoms with Gasteiger partial charge in [-0.1, -0.05) is 32.1 Å². The maximum absolute atomic E-state index is 11.9. The van der Waals surface area contributed by atoms with E-state index >= 15 is 0 Å². The fourth-order valence-electron chi connectivity index (χ4n) is 3.35. The van der Waals surface area contributed by atoms with Crippen molar-refractivity contribution in [2.75, 3.05) is 20.3 Å². The molecule has 0 spiro atoms. The van der Waals surface area contributed by atoms with Crippen molar-refractivity contribution in [3.05, 3.63) is 41.0 Å². The lowest BCUT2D eigenvalue weighted by atomic mass is 9.76. The molecule has 1 aliphatic rings. The van der Waals surface area contributed by atoms with E-state index in [1.54, 1.807) is 7.11 Å². The molecule has 4 heteroatoms. The SMILES string of the molecule is COCCNC(C)Cc1ccc(C(N)=O)c(C2=CCC(C)(C)CC2)c1. The Morgan fingerprint density at radius 3 is 2.76 bits per heavy atom. The van der Waals surface area contributed by atoms with Gasteiger partial charge in [-0.3, -0.25) is 4.79 Å². The van der Waals surface area contributed by atoms with Crippen LogP contribution >= 0.6 is 0 Å². The van der Waals surface area contributed by atoms with E-state index in [1.807, 2.05) is 12.1 Å². The Bertz CT molecular complexity index is 635. The van der Waals surface area contributed by atoms with E-state index in [0.717, 1.165) is 37.8 Å². The normalized spacial score (nSPS) is 17.8. The number of rotatable bonds is 8. The van der Waals surface area contributed by atoms with Gasteiger partial charge in [-0.15, -0.1) is 0 Å². The number of methoxy groups -OCH3 is 1. The molecule has 0 bridgehead atoms. The number of ether oxygens (including phenoxy) is 1. The smallest absolute Gasteiger partial charge is 0.249 e. The van der Waals surface area contributed by atoms with Gasteiger partial charge in [0.25, 0.3) is 0 Å². The average Bonchev–Trinajstić information content (AvgIpc) is 2.55. The maximum Gasteiger partial charge on any atom is 0.249 e. The first-order valence-electron chi connectivity index (χ1n) is 9.17. The van der Waals surface area contributed by atoms with Crippen LogP contribution in [0.1, 0.15) is 61.5 Å². The van der Waals surface area contributed by atoms with E-state index in [2.05, 4.69) is 38.2 Å². The molecule has 0 saturated heterocycles. The largest absolute Gasteiger partial charge is 0.383 e. The summed E-state index contributed by atoms with van der Waals surface area (Å²) in [5.74, 6) is -0.349. The number of nitrogens with two attached hydrogens (primary N) is 1. The van der Waals surface area contributed by atoms with Gasteiger partial charge in [0.05, 0.1) is 6.61 Å². The molecular weight excluding hydrogens is 312 g/mol. The molecule has 0 fully saturated rings. The van der Waals surface area contributed by atoms with E-state index in [1.165, 1.54) is 11.1 Å². The molecule has 4 nitrogen and oxygen atoms in total. The minimum atomic E-state index is -0.349. The first-order chi connectivity index (χ1) is 11.8. The summed E-state index contributed by atoms with van der Waals surface area (Å²) in [5.41, 5.74) is 10.1. The summed E-state index contributed by atoms with van der Waals surface area (Å²) >= 11 is 0. The number of carbonyl (C=O) groups excluding carboxylic acids is 1. The molecule has 0 aliphatic heterocycles. The van der Waals surface area contributed by atoms with E-state index in [-0.39, 0.29) is 5.91 Å². The molecule has 1 atom stereocenters. The lowest BCUT2D eigenvalue weighted by Crippen LogP contribution is -2.31. The van der Waals surface area contributed by atoms with Crippen molar-refractivity contribution >= 4 is 11.5 Å². The van der Waals surface area contributed by atoms with E-state index in [4.69, 9.17) is 10.5 Å². The topological polar surface area (TPSA) is 64.3 Å². The molecule has 138 valence electrons. The third-order valence-corrected chi connectivity index (χ3v) is 5.01. The molecule has 0 radical (unpaired) electrons. The first kappa shape index (κ1) is 19.7. The van der Waals surface area contributed by atoms with Crippen molar-refractivity contribution in [3.63, 3.8) is 0 Å². The van der Waals surface area contributed by atoms with Crippen LogP contribution in [-0.4, -0.2) is 32.2 Å². The molecule has 2 rings (SSSR count). The van der Waals surface area contributed by atoms with Crippen LogP contribution in [0.3, 0.4) is 0 Å². The zero-order valence-corrected chi connectivity index (χ0v) is 16.0. The van der Waals surface area contributed by atoms with Crippen molar-refractivity contribution in [2.24, 2.45) is 11.1 Å². The van der Waals surface area contributed by atoms with Gasteiger partial charge < -0.3 is 15.8 Å². The van der Waals surface area contributed by atoms with Gasteiger partial charge in [0, 0.05) is 25.3 Å². The minimum Gasteiger partial charge on any atom is -0.383 e. The number of carbonyl (C=O) groups is 1. The maximum atomic E-state index is 11.9. The average molecular weight is 344 g/mol. The molecule has 0 heterocycles. The predicted octanol–water partition coefficient (Wildman–Crippen LogP) is 3.55. The second-order valence-electron chi connectivity index (χ2n) is 7.89. The minimum absolute atomic E-state index is 0.341. The molecule has 25 heavy (non-hydrogen) atoms. The summed E-state index contributed by atoms with van der Waals surface area (Å²) in [6, 6.07) is 6.40. The monoisotopic (exact) mass is 344 g/mol. The number of benzene rings is 1. The van der Waals surface area contributed by atoms with Crippen LogP contribution in [0.15, 0.2) is 24.3 Å². The van der Waals surface area contributed by atoms with Gasteiger partial charge in [-0.05, 0) is 60.8 Å². The zero-order valence-electron chi connectivity index (χ0n) is 16.0. The van der Waals surface area contributed by atoms with Gasteiger partial charge in [-0.2, -0.15) is 0 Å². The van der Waals surface area contributed by atoms with Gasteiger partial charge in [0.2, 0.25) is 5.91 Å². The molecule has 1 unspecified atom stereocenters. The Labute approximate surface area is 151 Å². The molecule has 1 aliphatic carbocycles. The predicted molar refractivity (Wildman–Crippen MR) is 104 cm³/mol. The van der Waals surface area contributed by atoms with E-state index in [0.29, 0.717) is 23.6 Å². The second-order valence-corrected chi connectivity index (χ2v) is 7.89. The highest BCUT2D eigenvalue weighted by molar-refractivity contribution is 5.98. The summed E-state index contributed by atoms with van der Waals surface area (Å²) in [5, 5.41) is 3.45. The van der Waals surface area contributed by atoms with Crippen LogP contribution in [-0.2, 0) is 11.2 Å². The molecule has 1 aromatic carbocycles. The summed E-state index contributed by atoms with van der Waals surface area (Å²) in [6.45, 7) is 8.29. The molecule has 1 aromatic rings. The van der Waals surface area contributed by atoms with Crippen LogP contribution in [0.25, 0.3) is 5.57 Å². The zero-order chi connectivity index (χ0) is 18.4. The van der Waals surface area contributed by atoms with Crippen molar-refractivity contribution in [1.29, 1.82) is 0 Å². The van der Waals surface area contributed by atoms with Crippen LogP contribution in [0, 0.1) is 5.41 Å². The van der Waals surface area contributed by atoms with Crippen molar-refractivity contribution in [2.45, 2.75) is 52.5 Å². The van der Waals surface area contributed by atoms with Crippen LogP contribution < -0.4 is 11.1 Å². The van der Waals surface area contributed by atoms with Crippen LogP contribution in [0.2, 0.25) is 0 Å². The van der Waals surface area contributed by atoms with Crippen molar-refractivity contribution < 1.29 is 9.53 Å². The Kier molecular flexibility index (Phi) is 6.79. The second kappa shape index (κ2) is 8.63. The Morgan fingerprint density at radius 1 is 1.40 bits per heavy atom. The fourth-order valence-corrected chi connectivity index (χ4v) is 3.35. The van der Waals surface area contributed by atoms with Crippen molar-refractivity contribution in [1.82, 2.24) is 5.32 Å². The number of hydrogen-bond donors (Lipinski definition) is 2. The molecule has 0 aromatic heterocycles. The molecule has 1 amide bonds. The summed E-state index contributed by atoms with van der Waals surface area (Å²) in [4.78, 5) is 11.9. The first-order valence-corrected chi connectivity index (χ1v) is 9.17. The molecule has 3 N–H and O–H groups in total. The van der Waals surface area contributed by atoms with Gasteiger partial charge in [0.1, 0.15) is 0 Å². The van der Waals surface area contributed by atoms with Gasteiger partial charge >= 0.3 is 0 Å². The summed E-state index contributed by atoms with van der Waals surface area (Å²) in [7, 11) is 1.71. The quantitative estimate of drug-likeness (QED) is 0.709. The van der Waals surface area contributed by atoms with Crippen molar-refractivity contribution in [3.8, 4) is 0 Å². The standard InChI is InChI=1S/C21H32N2O2/c1-15(23-11-12-25-4)13-16-5-6-18(20(22)24)19(14-16)17-7-9-21(2,3)10-8-17/h5-7,14-15,23H,8-13H2,1-4H3,(H2,22,24). The summed E-state index contributed by atoms with van der Waals surface area (Å²) < 4.78 is 5.08. The highest BCUT2D eigenvalue weighted by Gasteiger charge is 2.24. The van der Waals surface area contributed by atoms with E-state index in [9.17, 15) is 4.79 Å². The number of hydrogen-bond acceptors (Lipinski definition) is 3. The fraction of sp³-hybridized carbons (Fsp3) is 0.571. The Morgan fingerprint density at radius 2 is 2.16 bits per heavy atom. The highest BCUT2D eigenvalue weighted by Crippen LogP contribution is 2.39. The van der Waals surface area contributed by atoms with Crippen LogP contribution in [0.5, 0.6) is 0 Å². The number of allylic oxidation sites excluding steroid dienone is 2. The number of primary amides is 1. The Hall–Kier alpha value is -1.65. The van der Waals surface area contributed by atoms with Gasteiger partial charge in [-0.25, -0.2) is 0 Å². The van der Waals surface area contributed by atoms with Gasteiger partial charge in [0.15, 0.2) is 0 Å². The van der Waals surface area contributed by atoms with E-state index < -0.39 is 0 Å². The lowest BCUT2D eigenvalue weighted by Gasteiger charge is -2.29. The Balaban J connectivity index is 2.19.